The predicted octanol–water partition coefficient (Wildman–Crippen LogP) is -0.383. The number of hydrogen-bond acceptors (Lipinski definition) is 5. The van der Waals surface area contributed by atoms with Crippen molar-refractivity contribution in [3.05, 3.63) is 18.2 Å². The van der Waals surface area contributed by atoms with E-state index in [1.54, 1.807) is 0 Å². The first-order valence-electron chi connectivity index (χ1n) is 3.96. The van der Waals surface area contributed by atoms with Gasteiger partial charge in [0.1, 0.15) is 0 Å². The van der Waals surface area contributed by atoms with Crippen molar-refractivity contribution in [1.29, 1.82) is 0 Å². The van der Waals surface area contributed by atoms with Gasteiger partial charge in [-0.15, -0.1) is 0 Å². The Kier molecular flexibility index (Phi) is 2.97. The molecule has 0 spiro atoms. The summed E-state index contributed by atoms with van der Waals surface area (Å²) >= 11 is 0. The standard InChI is InChI=1S/C8H12N2O3S/c9-7-2-1-6(5-8(7)10)14(12,13)4-3-11/h1-2,5,11H,3-4,9-10H2. The highest BCUT2D eigenvalue weighted by atomic mass is 32.2. The van der Waals surface area contributed by atoms with Crippen LogP contribution in [0.1, 0.15) is 0 Å². The number of nitrogen functional groups attached to an aromatic ring is 2. The molecule has 0 aliphatic carbocycles. The fourth-order valence-electron chi connectivity index (χ4n) is 0.984. The molecule has 1 rings (SSSR count). The van der Waals surface area contributed by atoms with E-state index in [1.807, 2.05) is 0 Å². The number of aliphatic hydroxyl groups excluding tert-OH is 1. The summed E-state index contributed by atoms with van der Waals surface area (Å²) in [5.74, 6) is -0.309. The predicted molar refractivity (Wildman–Crippen MR) is 54.4 cm³/mol. The van der Waals surface area contributed by atoms with Crippen LogP contribution in [-0.4, -0.2) is 25.9 Å². The summed E-state index contributed by atoms with van der Waals surface area (Å²) < 4.78 is 22.9. The Bertz CT molecular complexity index is 428. The zero-order chi connectivity index (χ0) is 10.8. The molecule has 0 aromatic heterocycles. The lowest BCUT2D eigenvalue weighted by molar-refractivity contribution is 0.319. The second-order valence-corrected chi connectivity index (χ2v) is 4.94. The molecule has 0 bridgehead atoms. The first kappa shape index (κ1) is 10.8. The lowest BCUT2D eigenvalue weighted by Gasteiger charge is -2.05. The number of rotatable bonds is 3. The molecule has 5 N–H and O–H groups in total. The minimum atomic E-state index is -3.44. The van der Waals surface area contributed by atoms with E-state index in [0.717, 1.165) is 0 Å². The quantitative estimate of drug-likeness (QED) is 0.597. The van der Waals surface area contributed by atoms with Gasteiger partial charge in [0, 0.05) is 0 Å². The molecular formula is C8H12N2O3S. The number of anilines is 2. The van der Waals surface area contributed by atoms with Crippen molar-refractivity contribution < 1.29 is 13.5 Å². The van der Waals surface area contributed by atoms with Gasteiger partial charge in [0.15, 0.2) is 9.84 Å². The van der Waals surface area contributed by atoms with Crippen LogP contribution in [0, 0.1) is 0 Å². The highest BCUT2D eigenvalue weighted by molar-refractivity contribution is 7.91. The van der Waals surface area contributed by atoms with Gasteiger partial charge in [0.25, 0.3) is 0 Å². The van der Waals surface area contributed by atoms with E-state index in [4.69, 9.17) is 16.6 Å². The summed E-state index contributed by atoms with van der Waals surface area (Å²) in [5.41, 5.74) is 11.5. The minimum Gasteiger partial charge on any atom is -0.397 e. The Hall–Kier alpha value is -1.27. The molecule has 6 heteroatoms. The zero-order valence-electron chi connectivity index (χ0n) is 7.47. The summed E-state index contributed by atoms with van der Waals surface area (Å²) in [6, 6.07) is 4.09. The van der Waals surface area contributed by atoms with Crippen LogP contribution in [0.3, 0.4) is 0 Å². The molecule has 1 aromatic rings. The Morgan fingerprint density at radius 1 is 1.21 bits per heavy atom. The normalized spacial score (nSPS) is 11.5. The van der Waals surface area contributed by atoms with Crippen molar-refractivity contribution in [3.8, 4) is 0 Å². The summed E-state index contributed by atoms with van der Waals surface area (Å²) in [6.07, 6.45) is 0. The second-order valence-electron chi connectivity index (χ2n) is 2.83. The molecule has 14 heavy (non-hydrogen) atoms. The van der Waals surface area contributed by atoms with E-state index >= 15 is 0 Å². The van der Waals surface area contributed by atoms with E-state index in [9.17, 15) is 8.42 Å². The molecule has 0 heterocycles. The van der Waals surface area contributed by atoms with Crippen LogP contribution in [0.15, 0.2) is 23.1 Å². The van der Waals surface area contributed by atoms with Gasteiger partial charge in [0.05, 0.1) is 28.6 Å². The Labute approximate surface area is 82.3 Å². The molecule has 0 amide bonds. The Morgan fingerprint density at radius 2 is 1.86 bits per heavy atom. The SMILES string of the molecule is Nc1ccc(S(=O)(=O)CCO)cc1N. The number of hydrogen-bond donors (Lipinski definition) is 3. The van der Waals surface area contributed by atoms with Crippen LogP contribution >= 0.6 is 0 Å². The Morgan fingerprint density at radius 3 is 2.36 bits per heavy atom. The van der Waals surface area contributed by atoms with Gasteiger partial charge < -0.3 is 16.6 Å². The highest BCUT2D eigenvalue weighted by Crippen LogP contribution is 2.20. The fraction of sp³-hybridized carbons (Fsp3) is 0.250. The zero-order valence-corrected chi connectivity index (χ0v) is 8.29. The van der Waals surface area contributed by atoms with Gasteiger partial charge >= 0.3 is 0 Å². The van der Waals surface area contributed by atoms with Crippen molar-refractivity contribution >= 4 is 21.2 Å². The molecule has 1 aromatic carbocycles. The van der Waals surface area contributed by atoms with E-state index in [-0.39, 0.29) is 16.3 Å². The van der Waals surface area contributed by atoms with E-state index in [0.29, 0.717) is 5.69 Å². The van der Waals surface area contributed by atoms with Crippen molar-refractivity contribution in [1.82, 2.24) is 0 Å². The molecule has 0 fully saturated rings. The van der Waals surface area contributed by atoms with Gasteiger partial charge in [-0.2, -0.15) is 0 Å². The molecule has 0 saturated carbocycles. The first-order valence-corrected chi connectivity index (χ1v) is 5.61. The molecule has 0 atom stereocenters. The maximum atomic E-state index is 11.4. The molecule has 0 radical (unpaired) electrons. The summed E-state index contributed by atoms with van der Waals surface area (Å²) in [4.78, 5) is 0.0817. The molecule has 0 unspecified atom stereocenters. The molecule has 0 saturated heterocycles. The molecule has 0 aliphatic rings. The summed E-state index contributed by atoms with van der Waals surface area (Å²) in [6.45, 7) is -0.410. The van der Waals surface area contributed by atoms with Crippen LogP contribution < -0.4 is 11.5 Å². The number of benzene rings is 1. The van der Waals surface area contributed by atoms with Crippen molar-refractivity contribution in [2.45, 2.75) is 4.90 Å². The largest absolute Gasteiger partial charge is 0.397 e. The maximum absolute atomic E-state index is 11.4. The van der Waals surface area contributed by atoms with Gasteiger partial charge in [-0.25, -0.2) is 8.42 Å². The third kappa shape index (κ3) is 2.15. The molecule has 5 nitrogen and oxygen atoms in total. The average Bonchev–Trinajstić information content (AvgIpc) is 2.09. The van der Waals surface area contributed by atoms with Crippen LogP contribution in [-0.2, 0) is 9.84 Å². The molecular weight excluding hydrogens is 204 g/mol. The smallest absolute Gasteiger partial charge is 0.180 e. The van der Waals surface area contributed by atoms with Gasteiger partial charge in [-0.05, 0) is 18.2 Å². The highest BCUT2D eigenvalue weighted by Gasteiger charge is 2.14. The van der Waals surface area contributed by atoms with Gasteiger partial charge in [0.2, 0.25) is 0 Å². The minimum absolute atomic E-state index is 0.0817. The van der Waals surface area contributed by atoms with Crippen molar-refractivity contribution in [3.63, 3.8) is 0 Å². The second kappa shape index (κ2) is 3.85. The van der Waals surface area contributed by atoms with Crippen LogP contribution in [0.25, 0.3) is 0 Å². The lowest BCUT2D eigenvalue weighted by Crippen LogP contribution is -2.10. The topological polar surface area (TPSA) is 106 Å². The van der Waals surface area contributed by atoms with Crippen molar-refractivity contribution in [2.24, 2.45) is 0 Å². The third-order valence-electron chi connectivity index (χ3n) is 1.78. The van der Waals surface area contributed by atoms with E-state index in [2.05, 4.69) is 0 Å². The van der Waals surface area contributed by atoms with Crippen molar-refractivity contribution in [2.75, 3.05) is 23.8 Å². The summed E-state index contributed by atoms with van der Waals surface area (Å²) in [7, 11) is -3.44. The van der Waals surface area contributed by atoms with Gasteiger partial charge in [-0.3, -0.25) is 0 Å². The lowest BCUT2D eigenvalue weighted by atomic mass is 10.3. The van der Waals surface area contributed by atoms with Gasteiger partial charge in [-0.1, -0.05) is 0 Å². The molecule has 0 aliphatic heterocycles. The number of sulfone groups is 1. The number of aliphatic hydroxyl groups is 1. The van der Waals surface area contributed by atoms with E-state index < -0.39 is 16.4 Å². The monoisotopic (exact) mass is 216 g/mol. The fourth-order valence-corrected chi connectivity index (χ4v) is 2.04. The van der Waals surface area contributed by atoms with Crippen LogP contribution in [0.2, 0.25) is 0 Å². The first-order chi connectivity index (χ1) is 6.47. The summed E-state index contributed by atoms with van der Waals surface area (Å²) in [5, 5.41) is 8.55. The average molecular weight is 216 g/mol. The van der Waals surface area contributed by atoms with Crippen LogP contribution in [0.5, 0.6) is 0 Å². The number of nitrogens with two attached hydrogens (primary N) is 2. The van der Waals surface area contributed by atoms with Crippen LogP contribution in [0.4, 0.5) is 11.4 Å². The van der Waals surface area contributed by atoms with E-state index in [1.165, 1.54) is 18.2 Å². The Balaban J connectivity index is 3.15. The maximum Gasteiger partial charge on any atom is 0.180 e. The molecule has 78 valence electrons. The third-order valence-corrected chi connectivity index (χ3v) is 3.47.